The number of nitrogens with one attached hydrogen (secondary N) is 1. The van der Waals surface area contributed by atoms with Gasteiger partial charge in [0.1, 0.15) is 24.0 Å². The molecule has 150 valence electrons. The van der Waals surface area contributed by atoms with E-state index >= 15 is 0 Å². The summed E-state index contributed by atoms with van der Waals surface area (Å²) in [6.07, 6.45) is 1.49. The molecule has 0 spiro atoms. The maximum Gasteiger partial charge on any atom is 0.266 e. The molecule has 4 nitrogen and oxygen atoms in total. The minimum Gasteiger partial charge on any atom is -0.488 e. The molecule has 30 heavy (non-hydrogen) atoms. The van der Waals surface area contributed by atoms with Gasteiger partial charge < -0.3 is 10.1 Å². The van der Waals surface area contributed by atoms with Crippen LogP contribution in [0.1, 0.15) is 22.3 Å². The third-order valence-electron chi connectivity index (χ3n) is 4.34. The number of ether oxygens (including phenoxy) is 1. The minimum absolute atomic E-state index is 0.0441. The number of nitrogens with zero attached hydrogens (tertiary/aromatic N) is 1. The molecule has 3 aromatic rings. The smallest absolute Gasteiger partial charge is 0.266 e. The summed E-state index contributed by atoms with van der Waals surface area (Å²) in [7, 11) is 0. The standard InChI is InChI=1S/C25H21ClN2O2/c1-17-10-18(2)12-19(11-17)16-30-24-9-8-22(26)14-20(24)13-21(15-27)25(29)28-23-6-4-3-5-7-23/h3-14H,16H2,1-2H3,(H,28,29)/b21-13+. The van der Waals surface area contributed by atoms with Crippen molar-refractivity contribution in [3.05, 3.63) is 99.6 Å². The summed E-state index contributed by atoms with van der Waals surface area (Å²) < 4.78 is 5.99. The van der Waals surface area contributed by atoms with E-state index in [4.69, 9.17) is 16.3 Å². The highest BCUT2D eigenvalue weighted by Gasteiger charge is 2.12. The largest absolute Gasteiger partial charge is 0.488 e. The van der Waals surface area contributed by atoms with Crippen molar-refractivity contribution < 1.29 is 9.53 Å². The van der Waals surface area contributed by atoms with Crippen molar-refractivity contribution in [1.82, 2.24) is 0 Å². The van der Waals surface area contributed by atoms with Gasteiger partial charge in [0.15, 0.2) is 0 Å². The quantitative estimate of drug-likeness (QED) is 0.391. The molecule has 0 saturated carbocycles. The van der Waals surface area contributed by atoms with E-state index in [1.807, 2.05) is 26.0 Å². The van der Waals surface area contributed by atoms with Crippen LogP contribution in [0.5, 0.6) is 5.75 Å². The van der Waals surface area contributed by atoms with Gasteiger partial charge in [-0.3, -0.25) is 4.79 Å². The van der Waals surface area contributed by atoms with Crippen LogP contribution < -0.4 is 10.1 Å². The first-order valence-electron chi connectivity index (χ1n) is 9.42. The van der Waals surface area contributed by atoms with Gasteiger partial charge >= 0.3 is 0 Å². The van der Waals surface area contributed by atoms with E-state index in [9.17, 15) is 10.1 Å². The lowest BCUT2D eigenvalue weighted by Crippen LogP contribution is -2.13. The zero-order chi connectivity index (χ0) is 21.5. The lowest BCUT2D eigenvalue weighted by Gasteiger charge is -2.12. The Balaban J connectivity index is 1.84. The Morgan fingerprint density at radius 1 is 1.07 bits per heavy atom. The van der Waals surface area contributed by atoms with E-state index < -0.39 is 5.91 Å². The number of nitriles is 1. The van der Waals surface area contributed by atoms with Gasteiger partial charge in [-0.15, -0.1) is 0 Å². The molecule has 5 heteroatoms. The van der Waals surface area contributed by atoms with Gasteiger partial charge in [-0.2, -0.15) is 5.26 Å². The number of carbonyl (C=O) groups excluding carboxylic acids is 1. The number of hydrogen-bond acceptors (Lipinski definition) is 3. The average Bonchev–Trinajstić information content (AvgIpc) is 2.71. The molecule has 0 fully saturated rings. The highest BCUT2D eigenvalue weighted by molar-refractivity contribution is 6.30. The summed E-state index contributed by atoms with van der Waals surface area (Å²) in [5.74, 6) is 0.0442. The molecule has 1 amide bonds. The van der Waals surface area contributed by atoms with Crippen LogP contribution in [-0.2, 0) is 11.4 Å². The van der Waals surface area contributed by atoms with Gasteiger partial charge in [-0.25, -0.2) is 0 Å². The Hall–Kier alpha value is -3.55. The summed E-state index contributed by atoms with van der Waals surface area (Å²) in [4.78, 5) is 12.5. The molecule has 0 radical (unpaired) electrons. The fourth-order valence-electron chi connectivity index (χ4n) is 3.10. The second-order valence-corrected chi connectivity index (χ2v) is 7.39. The summed E-state index contributed by atoms with van der Waals surface area (Å²) in [5, 5.41) is 12.7. The Labute approximate surface area is 181 Å². The van der Waals surface area contributed by atoms with Crippen molar-refractivity contribution in [3.63, 3.8) is 0 Å². The summed E-state index contributed by atoms with van der Waals surface area (Å²) in [6, 6.07) is 22.3. The van der Waals surface area contributed by atoms with Crippen LogP contribution in [0.15, 0.2) is 72.3 Å². The SMILES string of the molecule is Cc1cc(C)cc(COc2ccc(Cl)cc2/C=C(\C#N)C(=O)Nc2ccccc2)c1. The van der Waals surface area contributed by atoms with Crippen molar-refractivity contribution in [1.29, 1.82) is 5.26 Å². The molecule has 0 unspecified atom stereocenters. The maximum atomic E-state index is 12.5. The van der Waals surface area contributed by atoms with E-state index in [0.29, 0.717) is 28.6 Å². The zero-order valence-electron chi connectivity index (χ0n) is 16.8. The molecule has 0 atom stereocenters. The zero-order valence-corrected chi connectivity index (χ0v) is 17.5. The molecule has 3 aromatic carbocycles. The first-order chi connectivity index (χ1) is 14.4. The average molecular weight is 417 g/mol. The summed E-state index contributed by atoms with van der Waals surface area (Å²) in [5.41, 5.74) is 4.49. The predicted molar refractivity (Wildman–Crippen MR) is 120 cm³/mol. The van der Waals surface area contributed by atoms with Crippen molar-refractivity contribution >= 4 is 29.3 Å². The number of para-hydroxylation sites is 1. The second-order valence-electron chi connectivity index (χ2n) is 6.96. The van der Waals surface area contributed by atoms with Gasteiger partial charge in [0, 0.05) is 16.3 Å². The third kappa shape index (κ3) is 5.73. The number of anilines is 1. The van der Waals surface area contributed by atoms with E-state index in [2.05, 4.69) is 23.5 Å². The van der Waals surface area contributed by atoms with Crippen molar-refractivity contribution in [3.8, 4) is 11.8 Å². The third-order valence-corrected chi connectivity index (χ3v) is 4.58. The summed E-state index contributed by atoms with van der Waals surface area (Å²) >= 11 is 6.14. The lowest BCUT2D eigenvalue weighted by atomic mass is 10.1. The molecule has 3 rings (SSSR count). The van der Waals surface area contributed by atoms with Crippen LogP contribution in [0.3, 0.4) is 0 Å². The molecule has 0 saturated heterocycles. The van der Waals surface area contributed by atoms with E-state index in [1.165, 1.54) is 6.08 Å². The second kappa shape index (κ2) is 9.78. The van der Waals surface area contributed by atoms with Crippen LogP contribution in [0.25, 0.3) is 6.08 Å². The number of aryl methyl sites for hydroxylation is 2. The van der Waals surface area contributed by atoms with Crippen molar-refractivity contribution in [2.75, 3.05) is 5.32 Å². The molecule has 0 aromatic heterocycles. The lowest BCUT2D eigenvalue weighted by molar-refractivity contribution is -0.112. The Kier molecular flexibility index (Phi) is 6.90. The fourth-order valence-corrected chi connectivity index (χ4v) is 3.28. The predicted octanol–water partition coefficient (Wildman–Crippen LogP) is 6.08. The van der Waals surface area contributed by atoms with Crippen molar-refractivity contribution in [2.24, 2.45) is 0 Å². The molecule has 0 bridgehead atoms. The highest BCUT2D eigenvalue weighted by Crippen LogP contribution is 2.27. The Morgan fingerprint density at radius 2 is 1.77 bits per heavy atom. The molecular weight excluding hydrogens is 396 g/mol. The van der Waals surface area contributed by atoms with Crippen LogP contribution in [-0.4, -0.2) is 5.91 Å². The van der Waals surface area contributed by atoms with Crippen LogP contribution in [0, 0.1) is 25.2 Å². The van der Waals surface area contributed by atoms with Crippen LogP contribution >= 0.6 is 11.6 Å². The van der Waals surface area contributed by atoms with Gasteiger partial charge in [0.25, 0.3) is 5.91 Å². The Morgan fingerprint density at radius 3 is 2.43 bits per heavy atom. The van der Waals surface area contributed by atoms with E-state index in [0.717, 1.165) is 16.7 Å². The number of halogens is 1. The molecule has 1 N–H and O–H groups in total. The Bertz CT molecular complexity index is 1110. The molecule has 0 aliphatic rings. The minimum atomic E-state index is -0.496. The number of rotatable bonds is 6. The van der Waals surface area contributed by atoms with Crippen LogP contribution in [0.4, 0.5) is 5.69 Å². The number of benzene rings is 3. The number of carbonyl (C=O) groups is 1. The maximum absolute atomic E-state index is 12.5. The van der Waals surface area contributed by atoms with E-state index in [1.54, 1.807) is 42.5 Å². The molecule has 0 aliphatic carbocycles. The first-order valence-corrected chi connectivity index (χ1v) is 9.80. The molecular formula is C25H21ClN2O2. The van der Waals surface area contributed by atoms with Crippen molar-refractivity contribution in [2.45, 2.75) is 20.5 Å². The fraction of sp³-hybridized carbons (Fsp3) is 0.120. The highest BCUT2D eigenvalue weighted by atomic mass is 35.5. The monoisotopic (exact) mass is 416 g/mol. The van der Waals surface area contributed by atoms with Gasteiger partial charge in [0.2, 0.25) is 0 Å². The number of hydrogen-bond donors (Lipinski definition) is 1. The van der Waals surface area contributed by atoms with Gasteiger partial charge in [-0.1, -0.05) is 59.1 Å². The first kappa shape index (κ1) is 21.2. The van der Waals surface area contributed by atoms with Crippen LogP contribution in [0.2, 0.25) is 5.02 Å². The van der Waals surface area contributed by atoms with Gasteiger partial charge in [0.05, 0.1) is 0 Å². The number of amides is 1. The van der Waals surface area contributed by atoms with Gasteiger partial charge in [-0.05, 0) is 55.8 Å². The molecule has 0 heterocycles. The molecule has 0 aliphatic heterocycles. The van der Waals surface area contributed by atoms with E-state index in [-0.39, 0.29) is 5.57 Å². The summed E-state index contributed by atoms with van der Waals surface area (Å²) in [6.45, 7) is 4.44. The normalized spacial score (nSPS) is 10.9. The topological polar surface area (TPSA) is 62.1 Å².